The van der Waals surface area contributed by atoms with Gasteiger partial charge >= 0.3 is 0 Å². The largest absolute Gasteiger partial charge is 0.494 e. The van der Waals surface area contributed by atoms with Crippen LogP contribution < -0.4 is 15.8 Å². The summed E-state index contributed by atoms with van der Waals surface area (Å²) in [5, 5.41) is 2.96. The van der Waals surface area contributed by atoms with Gasteiger partial charge in [0, 0.05) is 18.2 Å². The van der Waals surface area contributed by atoms with E-state index in [1.54, 1.807) is 12.1 Å². The molecule has 0 fully saturated rings. The number of nitrogens with two attached hydrogens (primary N) is 1. The molecule has 0 aliphatic rings. The summed E-state index contributed by atoms with van der Waals surface area (Å²) < 4.78 is 5.34. The zero-order valence-corrected chi connectivity index (χ0v) is 11.8. The molecule has 0 spiro atoms. The summed E-state index contributed by atoms with van der Waals surface area (Å²) in [7, 11) is 0. The molecule has 1 aromatic rings. The van der Waals surface area contributed by atoms with Gasteiger partial charge in [0.2, 0.25) is 0 Å². The Morgan fingerprint density at radius 2 is 2.00 bits per heavy atom. The molecule has 0 aromatic heterocycles. The number of unbranched alkanes of at least 4 members (excludes halogenated alkanes) is 1. The molecule has 106 valence electrons. The first-order chi connectivity index (χ1) is 9.21. The minimum absolute atomic E-state index is 0.0546. The zero-order valence-electron chi connectivity index (χ0n) is 11.8. The Kier molecular flexibility index (Phi) is 6.97. The fraction of sp³-hybridized carbons (Fsp3) is 0.533. The summed E-state index contributed by atoms with van der Waals surface area (Å²) in [6.07, 6.45) is 3.11. The molecule has 1 rings (SSSR count). The van der Waals surface area contributed by atoms with Gasteiger partial charge in [-0.15, -0.1) is 0 Å². The Hall–Kier alpha value is -1.55. The van der Waals surface area contributed by atoms with Crippen LogP contribution in [0.4, 0.5) is 0 Å². The second-order valence-electron chi connectivity index (χ2n) is 4.51. The minimum Gasteiger partial charge on any atom is -0.494 e. The SMILES string of the molecule is CCCCC(CN)NC(=O)c1ccc(OCC)cc1. The van der Waals surface area contributed by atoms with Crippen LogP contribution in [0.25, 0.3) is 0 Å². The molecular weight excluding hydrogens is 240 g/mol. The van der Waals surface area contributed by atoms with E-state index in [1.165, 1.54) is 0 Å². The third-order valence-corrected chi connectivity index (χ3v) is 2.95. The number of hydrogen-bond acceptors (Lipinski definition) is 3. The van der Waals surface area contributed by atoms with Crippen molar-refractivity contribution in [1.82, 2.24) is 5.32 Å². The molecule has 3 N–H and O–H groups in total. The Morgan fingerprint density at radius 3 is 2.53 bits per heavy atom. The molecule has 1 unspecified atom stereocenters. The van der Waals surface area contributed by atoms with Gasteiger partial charge in [-0.05, 0) is 37.6 Å². The van der Waals surface area contributed by atoms with Crippen LogP contribution in [-0.4, -0.2) is 25.1 Å². The van der Waals surface area contributed by atoms with Crippen molar-refractivity contribution in [2.24, 2.45) is 5.73 Å². The predicted molar refractivity (Wildman–Crippen MR) is 77.4 cm³/mol. The lowest BCUT2D eigenvalue weighted by Gasteiger charge is -2.16. The standard InChI is InChI=1S/C15H24N2O2/c1-3-5-6-13(11-16)17-15(18)12-7-9-14(10-8-12)19-4-2/h7-10,13H,3-6,11,16H2,1-2H3,(H,17,18). The smallest absolute Gasteiger partial charge is 0.251 e. The molecule has 0 saturated carbocycles. The van der Waals surface area contributed by atoms with Crippen molar-refractivity contribution in [2.75, 3.05) is 13.2 Å². The first-order valence-corrected chi connectivity index (χ1v) is 6.95. The van der Waals surface area contributed by atoms with Crippen molar-refractivity contribution in [3.8, 4) is 5.75 Å². The van der Waals surface area contributed by atoms with Crippen molar-refractivity contribution >= 4 is 5.91 Å². The summed E-state index contributed by atoms with van der Waals surface area (Å²) in [5.41, 5.74) is 6.31. The number of benzene rings is 1. The van der Waals surface area contributed by atoms with E-state index in [1.807, 2.05) is 19.1 Å². The highest BCUT2D eigenvalue weighted by Crippen LogP contribution is 2.12. The number of ether oxygens (including phenoxy) is 1. The van der Waals surface area contributed by atoms with Gasteiger partial charge in [0.15, 0.2) is 0 Å². The highest BCUT2D eigenvalue weighted by atomic mass is 16.5. The molecule has 0 saturated heterocycles. The maximum absolute atomic E-state index is 12.0. The first-order valence-electron chi connectivity index (χ1n) is 6.95. The quantitative estimate of drug-likeness (QED) is 0.757. The van der Waals surface area contributed by atoms with Crippen LogP contribution in [0.2, 0.25) is 0 Å². The van der Waals surface area contributed by atoms with Gasteiger partial charge in [0.25, 0.3) is 5.91 Å². The van der Waals surface area contributed by atoms with Crippen molar-refractivity contribution < 1.29 is 9.53 Å². The first kappa shape index (κ1) is 15.5. The van der Waals surface area contributed by atoms with Crippen LogP contribution in [0, 0.1) is 0 Å². The van der Waals surface area contributed by atoms with E-state index >= 15 is 0 Å². The van der Waals surface area contributed by atoms with Crippen LogP contribution >= 0.6 is 0 Å². The maximum Gasteiger partial charge on any atom is 0.251 e. The van der Waals surface area contributed by atoms with Crippen molar-refractivity contribution in [1.29, 1.82) is 0 Å². The zero-order chi connectivity index (χ0) is 14.1. The third-order valence-electron chi connectivity index (χ3n) is 2.95. The van der Waals surface area contributed by atoms with E-state index < -0.39 is 0 Å². The van der Waals surface area contributed by atoms with Crippen LogP contribution in [-0.2, 0) is 0 Å². The molecule has 4 nitrogen and oxygen atoms in total. The minimum atomic E-state index is -0.0744. The molecule has 0 aliphatic carbocycles. The molecule has 4 heteroatoms. The van der Waals surface area contributed by atoms with E-state index in [9.17, 15) is 4.79 Å². The summed E-state index contributed by atoms with van der Waals surface area (Å²) in [6, 6.07) is 7.21. The van der Waals surface area contributed by atoms with Crippen molar-refractivity contribution in [2.45, 2.75) is 39.2 Å². The Labute approximate surface area is 115 Å². The second-order valence-corrected chi connectivity index (χ2v) is 4.51. The third kappa shape index (κ3) is 5.30. The van der Waals surface area contributed by atoms with Crippen LogP contribution in [0.1, 0.15) is 43.5 Å². The number of rotatable bonds is 8. The van der Waals surface area contributed by atoms with Crippen LogP contribution in [0.5, 0.6) is 5.75 Å². The number of amides is 1. The van der Waals surface area contributed by atoms with E-state index in [0.717, 1.165) is 25.0 Å². The molecule has 0 aliphatic heterocycles. The summed E-state index contributed by atoms with van der Waals surface area (Å²) in [5.74, 6) is 0.704. The molecule has 0 heterocycles. The fourth-order valence-electron chi connectivity index (χ4n) is 1.84. The topological polar surface area (TPSA) is 64.3 Å². The molecule has 19 heavy (non-hydrogen) atoms. The Morgan fingerprint density at radius 1 is 1.32 bits per heavy atom. The van der Waals surface area contributed by atoms with E-state index in [-0.39, 0.29) is 11.9 Å². The van der Waals surface area contributed by atoms with Gasteiger partial charge in [-0.25, -0.2) is 0 Å². The maximum atomic E-state index is 12.0. The molecule has 0 bridgehead atoms. The highest BCUT2D eigenvalue weighted by molar-refractivity contribution is 5.94. The van der Waals surface area contributed by atoms with E-state index in [0.29, 0.717) is 18.7 Å². The second kappa shape index (κ2) is 8.53. The lowest BCUT2D eigenvalue weighted by Crippen LogP contribution is -2.40. The lowest BCUT2D eigenvalue weighted by molar-refractivity contribution is 0.0935. The molecular formula is C15H24N2O2. The van der Waals surface area contributed by atoms with E-state index in [4.69, 9.17) is 10.5 Å². The van der Waals surface area contributed by atoms with Crippen molar-refractivity contribution in [3.05, 3.63) is 29.8 Å². The van der Waals surface area contributed by atoms with Gasteiger partial charge in [-0.3, -0.25) is 4.79 Å². The number of carbonyl (C=O) groups excluding carboxylic acids is 1. The summed E-state index contributed by atoms with van der Waals surface area (Å²) >= 11 is 0. The molecule has 1 aromatic carbocycles. The number of hydrogen-bond donors (Lipinski definition) is 2. The van der Waals surface area contributed by atoms with Gasteiger partial charge in [0.1, 0.15) is 5.75 Å². The predicted octanol–water partition coefficient (Wildman–Crippen LogP) is 2.33. The normalized spacial score (nSPS) is 11.9. The van der Waals surface area contributed by atoms with Crippen LogP contribution in [0.3, 0.4) is 0 Å². The Balaban J connectivity index is 2.56. The van der Waals surface area contributed by atoms with Crippen LogP contribution in [0.15, 0.2) is 24.3 Å². The monoisotopic (exact) mass is 264 g/mol. The number of carbonyl (C=O) groups is 1. The van der Waals surface area contributed by atoms with Gasteiger partial charge < -0.3 is 15.8 Å². The molecule has 1 atom stereocenters. The number of nitrogens with one attached hydrogen (secondary N) is 1. The van der Waals surface area contributed by atoms with E-state index in [2.05, 4.69) is 12.2 Å². The van der Waals surface area contributed by atoms with Crippen molar-refractivity contribution in [3.63, 3.8) is 0 Å². The molecule has 1 amide bonds. The van der Waals surface area contributed by atoms with Gasteiger partial charge in [-0.2, -0.15) is 0 Å². The lowest BCUT2D eigenvalue weighted by atomic mass is 10.1. The average Bonchev–Trinajstić information content (AvgIpc) is 2.44. The molecule has 0 radical (unpaired) electrons. The van der Waals surface area contributed by atoms with Gasteiger partial charge in [-0.1, -0.05) is 19.8 Å². The highest BCUT2D eigenvalue weighted by Gasteiger charge is 2.11. The Bertz CT molecular complexity index is 376. The summed E-state index contributed by atoms with van der Waals surface area (Å²) in [4.78, 5) is 12.0. The average molecular weight is 264 g/mol. The van der Waals surface area contributed by atoms with Gasteiger partial charge in [0.05, 0.1) is 6.61 Å². The summed E-state index contributed by atoms with van der Waals surface area (Å²) in [6.45, 7) is 5.16. The fourth-order valence-corrected chi connectivity index (χ4v) is 1.84.